The van der Waals surface area contributed by atoms with Crippen LogP contribution in [0, 0.1) is 22.7 Å². The fraction of sp³-hybridized carbons (Fsp3) is 0.789. The number of nitrogens with zero attached hydrogens (tertiary/aromatic N) is 1. The van der Waals surface area contributed by atoms with E-state index in [1.807, 2.05) is 6.92 Å². The van der Waals surface area contributed by atoms with Crippen LogP contribution in [0.5, 0.6) is 0 Å². The molecule has 0 aromatic carbocycles. The van der Waals surface area contributed by atoms with Crippen LogP contribution in [-0.4, -0.2) is 55.2 Å². The van der Waals surface area contributed by atoms with E-state index in [-0.39, 0.29) is 17.2 Å². The van der Waals surface area contributed by atoms with E-state index >= 15 is 0 Å². The number of carbonyl (C=O) groups is 4. The number of halogens is 1. The molecule has 0 aromatic rings. The normalized spacial score (nSPS) is 46.2. The first-order chi connectivity index (χ1) is 12.8. The lowest BCUT2D eigenvalue weighted by atomic mass is 9.41. The van der Waals surface area contributed by atoms with E-state index in [2.05, 4.69) is 19.2 Å². The maximum Gasteiger partial charge on any atom is 0.328 e. The summed E-state index contributed by atoms with van der Waals surface area (Å²) in [6.07, 6.45) is 2.78. The summed E-state index contributed by atoms with van der Waals surface area (Å²) >= 11 is 6.99. The Morgan fingerprint density at radius 1 is 1.25 bits per heavy atom. The second kappa shape index (κ2) is 5.88. The first kappa shape index (κ1) is 20.0. The highest BCUT2D eigenvalue weighted by molar-refractivity contribution is 8.14. The van der Waals surface area contributed by atoms with Crippen LogP contribution in [-0.2, 0) is 19.2 Å². The highest BCUT2D eigenvalue weighted by Gasteiger charge is 2.66. The first-order valence-electron chi connectivity index (χ1n) is 9.59. The second-order valence-corrected chi connectivity index (χ2v) is 11.4. The van der Waals surface area contributed by atoms with E-state index in [0.717, 1.165) is 35.9 Å². The van der Waals surface area contributed by atoms with Crippen LogP contribution in [0.2, 0.25) is 0 Å². The SMILES string of the molecule is CC1(C(=O)N[C@@H]2C(=O)N3[C@@H](C(=O)O)[C@](C)(Cl)C(=O)S[C@@H]23)CCC2CC1C2(C)C. The van der Waals surface area contributed by atoms with Gasteiger partial charge in [0, 0.05) is 5.41 Å². The Morgan fingerprint density at radius 3 is 2.43 bits per heavy atom. The van der Waals surface area contributed by atoms with Crippen molar-refractivity contribution in [2.45, 2.75) is 69.3 Å². The zero-order valence-electron chi connectivity index (χ0n) is 16.3. The quantitative estimate of drug-likeness (QED) is 0.525. The van der Waals surface area contributed by atoms with Gasteiger partial charge in [-0.1, -0.05) is 32.5 Å². The lowest BCUT2D eigenvalue weighted by Gasteiger charge is -2.64. The third kappa shape index (κ3) is 2.36. The molecule has 2 bridgehead atoms. The molecule has 9 heteroatoms. The van der Waals surface area contributed by atoms with Crippen LogP contribution in [0.25, 0.3) is 0 Å². The molecule has 2 N–H and O–H groups in total. The molecule has 5 fully saturated rings. The number of amides is 2. The number of alkyl halides is 1. The molecule has 28 heavy (non-hydrogen) atoms. The van der Waals surface area contributed by atoms with E-state index in [9.17, 15) is 24.3 Å². The highest BCUT2D eigenvalue weighted by atomic mass is 35.5. The summed E-state index contributed by atoms with van der Waals surface area (Å²) in [5.41, 5.74) is -0.458. The predicted octanol–water partition coefficient (Wildman–Crippen LogP) is 1.83. The Hall–Kier alpha value is -1.28. The molecule has 3 saturated carbocycles. The van der Waals surface area contributed by atoms with E-state index < -0.39 is 44.7 Å². The van der Waals surface area contributed by atoms with Crippen molar-refractivity contribution >= 4 is 46.3 Å². The summed E-state index contributed by atoms with van der Waals surface area (Å²) in [5, 5.41) is 11.1. The Bertz CT molecular complexity index is 797. The lowest BCUT2D eigenvalue weighted by Crippen LogP contribution is -2.79. The van der Waals surface area contributed by atoms with Crippen molar-refractivity contribution in [1.29, 1.82) is 0 Å². The van der Waals surface area contributed by atoms with E-state index in [4.69, 9.17) is 11.6 Å². The van der Waals surface area contributed by atoms with Crippen molar-refractivity contribution in [2.75, 3.05) is 0 Å². The van der Waals surface area contributed by atoms with Crippen molar-refractivity contribution in [3.63, 3.8) is 0 Å². The molecule has 0 spiro atoms. The van der Waals surface area contributed by atoms with Gasteiger partial charge in [0.2, 0.25) is 16.9 Å². The molecule has 3 unspecified atom stereocenters. The van der Waals surface area contributed by atoms with Gasteiger partial charge in [-0.25, -0.2) is 4.79 Å². The maximum absolute atomic E-state index is 13.2. The Morgan fingerprint density at radius 2 is 1.89 bits per heavy atom. The van der Waals surface area contributed by atoms with Gasteiger partial charge in [0.05, 0.1) is 0 Å². The molecule has 7 nitrogen and oxygen atoms in total. The third-order valence-electron chi connectivity index (χ3n) is 7.79. The average molecular weight is 429 g/mol. The van der Waals surface area contributed by atoms with Crippen LogP contribution in [0.1, 0.15) is 47.0 Å². The summed E-state index contributed by atoms with van der Waals surface area (Å²) in [6, 6.07) is -2.33. The van der Waals surface area contributed by atoms with Crippen molar-refractivity contribution in [3.05, 3.63) is 0 Å². The summed E-state index contributed by atoms with van der Waals surface area (Å²) in [7, 11) is 0. The van der Waals surface area contributed by atoms with Gasteiger partial charge in [-0.15, -0.1) is 11.6 Å². The third-order valence-corrected chi connectivity index (χ3v) is 9.66. The topological polar surface area (TPSA) is 104 Å². The Balaban J connectivity index is 1.53. The number of hydrogen-bond acceptors (Lipinski definition) is 5. The molecule has 0 radical (unpaired) electrons. The van der Waals surface area contributed by atoms with Crippen LogP contribution in [0.3, 0.4) is 0 Å². The van der Waals surface area contributed by atoms with Crippen LogP contribution < -0.4 is 5.32 Å². The van der Waals surface area contributed by atoms with Crippen LogP contribution in [0.4, 0.5) is 0 Å². The minimum atomic E-state index is -1.70. The van der Waals surface area contributed by atoms with Gasteiger partial charge in [-0.05, 0) is 43.4 Å². The van der Waals surface area contributed by atoms with Gasteiger partial charge in [0.1, 0.15) is 16.3 Å². The summed E-state index contributed by atoms with van der Waals surface area (Å²) in [4.78, 5) is 49.4. The second-order valence-electron chi connectivity index (χ2n) is 9.57. The van der Waals surface area contributed by atoms with E-state index in [0.29, 0.717) is 5.92 Å². The summed E-state index contributed by atoms with van der Waals surface area (Å²) in [5.74, 6) is -1.11. The van der Waals surface area contributed by atoms with Gasteiger partial charge < -0.3 is 15.3 Å². The molecule has 2 saturated heterocycles. The zero-order valence-corrected chi connectivity index (χ0v) is 17.9. The first-order valence-corrected chi connectivity index (χ1v) is 10.8. The largest absolute Gasteiger partial charge is 0.480 e. The van der Waals surface area contributed by atoms with Gasteiger partial charge in [-0.2, -0.15) is 0 Å². The van der Waals surface area contributed by atoms with Gasteiger partial charge in [0.15, 0.2) is 6.04 Å². The van der Waals surface area contributed by atoms with Crippen molar-refractivity contribution in [3.8, 4) is 0 Å². The fourth-order valence-corrected chi connectivity index (χ4v) is 7.33. The molecule has 2 amide bonds. The molecular formula is C19H25ClN2O5S. The predicted molar refractivity (Wildman–Crippen MR) is 104 cm³/mol. The van der Waals surface area contributed by atoms with E-state index in [1.165, 1.54) is 6.92 Å². The molecule has 5 rings (SSSR count). The summed E-state index contributed by atoms with van der Waals surface area (Å²) in [6.45, 7) is 7.67. The Labute approximate surface area is 172 Å². The summed E-state index contributed by atoms with van der Waals surface area (Å²) < 4.78 is 0. The number of carboxylic acid groups (broad SMARTS) is 1. The monoisotopic (exact) mass is 428 g/mol. The van der Waals surface area contributed by atoms with Gasteiger partial charge >= 0.3 is 5.97 Å². The fourth-order valence-electron chi connectivity index (χ4n) is 5.78. The highest BCUT2D eigenvalue weighted by Crippen LogP contribution is 2.66. The van der Waals surface area contributed by atoms with Crippen LogP contribution in [0.15, 0.2) is 0 Å². The molecule has 5 aliphatic rings. The zero-order chi connectivity index (χ0) is 20.8. The van der Waals surface area contributed by atoms with Crippen molar-refractivity contribution < 1.29 is 24.3 Å². The number of carboxylic acids is 1. The van der Waals surface area contributed by atoms with E-state index in [1.54, 1.807) is 0 Å². The lowest BCUT2D eigenvalue weighted by molar-refractivity contribution is -0.177. The molecule has 2 heterocycles. The van der Waals surface area contributed by atoms with Gasteiger partial charge in [0.25, 0.3) is 0 Å². The molecule has 7 atom stereocenters. The number of hydrogen-bond donors (Lipinski definition) is 2. The minimum Gasteiger partial charge on any atom is -0.480 e. The van der Waals surface area contributed by atoms with Gasteiger partial charge in [-0.3, -0.25) is 14.4 Å². The van der Waals surface area contributed by atoms with Crippen molar-refractivity contribution in [2.24, 2.45) is 22.7 Å². The molecular weight excluding hydrogens is 404 g/mol. The standard InChI is InChI=1S/C19H25ClN2O5S/c1-17(2)8-5-6-18(3,9(17)7-8)15(26)21-10-12(23)22-11(14(24)25)19(4,20)16(27)28-13(10)22/h8-11,13H,5-7H2,1-4H3,(H,21,26)(H,24,25)/t8?,9?,10-,11+,13+,18?,19+/m1/s1. The number of aliphatic carboxylic acids is 1. The maximum atomic E-state index is 13.2. The number of nitrogens with one attached hydrogen (secondary N) is 1. The number of thioether (sulfide) groups is 1. The minimum absolute atomic E-state index is 0.102. The average Bonchev–Trinajstić information content (AvgIpc) is 2.60. The molecule has 0 aromatic heterocycles. The Kier molecular flexibility index (Phi) is 4.20. The van der Waals surface area contributed by atoms with Crippen LogP contribution >= 0.6 is 23.4 Å². The number of carbonyl (C=O) groups excluding carboxylic acids is 3. The number of rotatable bonds is 3. The number of β-lactam (4-membered cyclic amide) rings is 1. The smallest absolute Gasteiger partial charge is 0.328 e. The molecule has 2 aliphatic heterocycles. The molecule has 3 aliphatic carbocycles. The van der Waals surface area contributed by atoms with Crippen molar-refractivity contribution in [1.82, 2.24) is 10.2 Å². The number of fused-ring (bicyclic) bond motifs is 3. The molecule has 154 valence electrons.